The predicted octanol–water partition coefficient (Wildman–Crippen LogP) is 1.40. The molecule has 1 aliphatic heterocycles. The first-order chi connectivity index (χ1) is 7.67. The van der Waals surface area contributed by atoms with Crippen LogP contribution in [0.2, 0.25) is 0 Å². The molecule has 0 radical (unpaired) electrons. The summed E-state index contributed by atoms with van der Waals surface area (Å²) < 4.78 is 0. The molecule has 0 aromatic rings. The van der Waals surface area contributed by atoms with E-state index in [1.165, 1.54) is 39.1 Å². The average Bonchev–Trinajstić information content (AvgIpc) is 2.35. The molecule has 1 fully saturated rings. The van der Waals surface area contributed by atoms with E-state index in [9.17, 15) is 0 Å². The number of piperazine rings is 1. The third-order valence-corrected chi connectivity index (χ3v) is 3.85. The van der Waals surface area contributed by atoms with Gasteiger partial charge in [-0.25, -0.2) is 0 Å². The molecule has 0 aliphatic carbocycles. The molecule has 96 valence electrons. The van der Waals surface area contributed by atoms with Gasteiger partial charge in [-0.05, 0) is 26.8 Å². The summed E-state index contributed by atoms with van der Waals surface area (Å²) in [4.78, 5) is 5.15. The van der Waals surface area contributed by atoms with Gasteiger partial charge in [0.2, 0.25) is 0 Å². The first-order valence-corrected chi connectivity index (χ1v) is 6.87. The minimum absolute atomic E-state index is 0.652. The molecule has 1 N–H and O–H groups in total. The average molecular weight is 227 g/mol. The Balaban J connectivity index is 2.20. The Morgan fingerprint density at radius 3 is 2.19 bits per heavy atom. The van der Waals surface area contributed by atoms with Crippen LogP contribution in [0.3, 0.4) is 0 Å². The fourth-order valence-electron chi connectivity index (χ4n) is 2.17. The van der Waals surface area contributed by atoms with E-state index in [1.807, 2.05) is 0 Å². The van der Waals surface area contributed by atoms with Crippen LogP contribution in [0.25, 0.3) is 0 Å². The van der Waals surface area contributed by atoms with Gasteiger partial charge in [0.25, 0.3) is 0 Å². The third kappa shape index (κ3) is 4.40. The van der Waals surface area contributed by atoms with Gasteiger partial charge in [0.05, 0.1) is 0 Å². The monoisotopic (exact) mass is 227 g/mol. The molecule has 1 heterocycles. The summed E-state index contributed by atoms with van der Waals surface area (Å²) in [5.74, 6) is 0. The molecule has 2 atom stereocenters. The standard InChI is InChI=1S/C13H29N3/c1-5-12(3)14-11-13(4)16-9-7-15(6-2)8-10-16/h12-14H,5-11H2,1-4H3. The van der Waals surface area contributed by atoms with Crippen molar-refractivity contribution in [3.05, 3.63) is 0 Å². The number of rotatable bonds is 6. The van der Waals surface area contributed by atoms with Gasteiger partial charge >= 0.3 is 0 Å². The van der Waals surface area contributed by atoms with Gasteiger partial charge < -0.3 is 10.2 Å². The molecule has 0 bridgehead atoms. The quantitative estimate of drug-likeness (QED) is 0.740. The van der Waals surface area contributed by atoms with Crippen molar-refractivity contribution < 1.29 is 0 Å². The zero-order chi connectivity index (χ0) is 12.0. The van der Waals surface area contributed by atoms with E-state index in [0.717, 1.165) is 6.54 Å². The van der Waals surface area contributed by atoms with Crippen LogP contribution in [0.4, 0.5) is 0 Å². The summed E-state index contributed by atoms with van der Waals surface area (Å²) in [7, 11) is 0. The summed E-state index contributed by atoms with van der Waals surface area (Å²) >= 11 is 0. The Bertz CT molecular complexity index is 176. The Labute approximate surface area is 101 Å². The molecule has 0 spiro atoms. The minimum atomic E-state index is 0.652. The van der Waals surface area contributed by atoms with E-state index in [2.05, 4.69) is 42.8 Å². The van der Waals surface area contributed by atoms with E-state index in [0.29, 0.717) is 12.1 Å². The van der Waals surface area contributed by atoms with Crippen molar-refractivity contribution in [1.82, 2.24) is 15.1 Å². The van der Waals surface area contributed by atoms with Crippen LogP contribution in [-0.4, -0.2) is 61.2 Å². The Morgan fingerprint density at radius 1 is 1.06 bits per heavy atom. The van der Waals surface area contributed by atoms with Crippen LogP contribution >= 0.6 is 0 Å². The number of hydrogen-bond donors (Lipinski definition) is 1. The molecule has 0 amide bonds. The SMILES string of the molecule is CCC(C)NCC(C)N1CCN(CC)CC1. The van der Waals surface area contributed by atoms with Crippen molar-refractivity contribution in [3.63, 3.8) is 0 Å². The Morgan fingerprint density at radius 2 is 1.69 bits per heavy atom. The smallest absolute Gasteiger partial charge is 0.0193 e. The second-order valence-electron chi connectivity index (χ2n) is 5.04. The van der Waals surface area contributed by atoms with Gasteiger partial charge in [0.1, 0.15) is 0 Å². The van der Waals surface area contributed by atoms with E-state index in [-0.39, 0.29) is 0 Å². The third-order valence-electron chi connectivity index (χ3n) is 3.85. The van der Waals surface area contributed by atoms with Gasteiger partial charge in [0.15, 0.2) is 0 Å². The summed E-state index contributed by atoms with van der Waals surface area (Å²) in [6.45, 7) is 16.4. The van der Waals surface area contributed by atoms with Crippen LogP contribution in [0.15, 0.2) is 0 Å². The van der Waals surface area contributed by atoms with Gasteiger partial charge in [-0.3, -0.25) is 4.90 Å². The zero-order valence-corrected chi connectivity index (χ0v) is 11.5. The molecule has 1 rings (SSSR count). The fraction of sp³-hybridized carbons (Fsp3) is 1.00. The van der Waals surface area contributed by atoms with Gasteiger partial charge in [-0.1, -0.05) is 13.8 Å². The molecular formula is C13H29N3. The highest BCUT2D eigenvalue weighted by molar-refractivity contribution is 4.77. The van der Waals surface area contributed by atoms with E-state index in [1.54, 1.807) is 0 Å². The lowest BCUT2D eigenvalue weighted by atomic mass is 10.2. The molecule has 3 heteroatoms. The van der Waals surface area contributed by atoms with Gasteiger partial charge in [-0.2, -0.15) is 0 Å². The Hall–Kier alpha value is -0.120. The lowest BCUT2D eigenvalue weighted by molar-refractivity contribution is 0.104. The highest BCUT2D eigenvalue weighted by Gasteiger charge is 2.19. The van der Waals surface area contributed by atoms with Crippen molar-refractivity contribution in [2.45, 2.75) is 46.2 Å². The normalized spacial score (nSPS) is 23.2. The van der Waals surface area contributed by atoms with Crippen molar-refractivity contribution in [1.29, 1.82) is 0 Å². The molecule has 0 aromatic heterocycles. The molecule has 0 saturated carbocycles. The van der Waals surface area contributed by atoms with Crippen LogP contribution in [0.1, 0.15) is 34.1 Å². The van der Waals surface area contributed by atoms with Crippen LogP contribution < -0.4 is 5.32 Å². The maximum atomic E-state index is 3.60. The lowest BCUT2D eigenvalue weighted by Gasteiger charge is -2.38. The topological polar surface area (TPSA) is 18.5 Å². The minimum Gasteiger partial charge on any atom is -0.313 e. The fourth-order valence-corrected chi connectivity index (χ4v) is 2.17. The lowest BCUT2D eigenvalue weighted by Crippen LogP contribution is -2.52. The number of hydrogen-bond acceptors (Lipinski definition) is 3. The predicted molar refractivity (Wildman–Crippen MR) is 70.9 cm³/mol. The second kappa shape index (κ2) is 7.25. The van der Waals surface area contributed by atoms with Gasteiger partial charge in [0, 0.05) is 44.8 Å². The highest BCUT2D eigenvalue weighted by atomic mass is 15.3. The maximum absolute atomic E-state index is 3.60. The molecule has 2 unspecified atom stereocenters. The molecule has 3 nitrogen and oxygen atoms in total. The van der Waals surface area contributed by atoms with Crippen molar-refractivity contribution in [2.24, 2.45) is 0 Å². The van der Waals surface area contributed by atoms with Crippen molar-refractivity contribution in [2.75, 3.05) is 39.3 Å². The van der Waals surface area contributed by atoms with Crippen LogP contribution in [-0.2, 0) is 0 Å². The number of nitrogens with zero attached hydrogens (tertiary/aromatic N) is 2. The summed E-state index contributed by atoms with van der Waals surface area (Å²) in [6, 6.07) is 1.33. The molecule has 0 aromatic carbocycles. The molecular weight excluding hydrogens is 198 g/mol. The summed E-state index contributed by atoms with van der Waals surface area (Å²) in [6.07, 6.45) is 1.22. The first-order valence-electron chi connectivity index (χ1n) is 6.87. The van der Waals surface area contributed by atoms with Crippen molar-refractivity contribution >= 4 is 0 Å². The van der Waals surface area contributed by atoms with Crippen molar-refractivity contribution in [3.8, 4) is 0 Å². The van der Waals surface area contributed by atoms with E-state index in [4.69, 9.17) is 0 Å². The largest absolute Gasteiger partial charge is 0.313 e. The first kappa shape index (κ1) is 13.9. The second-order valence-corrected chi connectivity index (χ2v) is 5.04. The summed E-state index contributed by atoms with van der Waals surface area (Å²) in [5.41, 5.74) is 0. The molecule has 16 heavy (non-hydrogen) atoms. The molecule has 1 aliphatic rings. The Kier molecular flexibility index (Phi) is 6.32. The zero-order valence-electron chi connectivity index (χ0n) is 11.5. The number of nitrogens with one attached hydrogen (secondary N) is 1. The molecule has 1 saturated heterocycles. The maximum Gasteiger partial charge on any atom is 0.0193 e. The highest BCUT2D eigenvalue weighted by Crippen LogP contribution is 2.05. The van der Waals surface area contributed by atoms with E-state index >= 15 is 0 Å². The van der Waals surface area contributed by atoms with Crippen LogP contribution in [0.5, 0.6) is 0 Å². The van der Waals surface area contributed by atoms with Gasteiger partial charge in [-0.15, -0.1) is 0 Å². The summed E-state index contributed by atoms with van der Waals surface area (Å²) in [5, 5.41) is 3.60. The number of likely N-dealkylation sites (N-methyl/N-ethyl adjacent to an activating group) is 1. The van der Waals surface area contributed by atoms with E-state index < -0.39 is 0 Å². The van der Waals surface area contributed by atoms with Crippen LogP contribution in [0, 0.1) is 0 Å².